The zero-order valence-corrected chi connectivity index (χ0v) is 22.1. The third kappa shape index (κ3) is 7.37. The number of hydrogen-bond acceptors (Lipinski definition) is 8. The third-order valence-corrected chi connectivity index (χ3v) is 6.11. The standard InChI is InChI=1S/C30H32N4O5/c1-33(2)14-13-31-30(35)26-20-36-29(32-26)19-34(18-23-11-12-27-28(16-23)38-21-37-27)17-22-7-6-10-25(15-22)39-24-8-4-3-5-9-24/h3-12,15-16,20H,13-14,17-19,21H2,1-2H3,(H,31,35). The van der Waals surface area contributed by atoms with Gasteiger partial charge in [0.15, 0.2) is 17.2 Å². The van der Waals surface area contributed by atoms with E-state index in [0.29, 0.717) is 32.1 Å². The summed E-state index contributed by atoms with van der Waals surface area (Å²) in [5.74, 6) is 3.23. The molecule has 9 nitrogen and oxygen atoms in total. The van der Waals surface area contributed by atoms with Gasteiger partial charge in [-0.2, -0.15) is 0 Å². The fourth-order valence-corrected chi connectivity index (χ4v) is 4.22. The van der Waals surface area contributed by atoms with E-state index in [1.54, 1.807) is 0 Å². The first-order valence-electron chi connectivity index (χ1n) is 12.8. The van der Waals surface area contributed by atoms with Crippen LogP contribution < -0.4 is 19.5 Å². The molecule has 9 heteroatoms. The van der Waals surface area contributed by atoms with Crippen LogP contribution in [0, 0.1) is 0 Å². The van der Waals surface area contributed by atoms with Gasteiger partial charge in [-0.05, 0) is 61.6 Å². The molecule has 202 valence electrons. The second kappa shape index (κ2) is 12.5. The van der Waals surface area contributed by atoms with Crippen LogP contribution in [0.15, 0.2) is 83.5 Å². The largest absolute Gasteiger partial charge is 0.457 e. The van der Waals surface area contributed by atoms with E-state index in [1.165, 1.54) is 6.26 Å². The van der Waals surface area contributed by atoms with Crippen LogP contribution in [0.4, 0.5) is 0 Å². The van der Waals surface area contributed by atoms with Crippen molar-refractivity contribution < 1.29 is 23.4 Å². The van der Waals surface area contributed by atoms with Crippen molar-refractivity contribution in [1.29, 1.82) is 0 Å². The topological polar surface area (TPSA) is 89.3 Å². The van der Waals surface area contributed by atoms with Crippen LogP contribution in [0.1, 0.15) is 27.5 Å². The summed E-state index contributed by atoms with van der Waals surface area (Å²) in [6, 6.07) is 23.6. The number of aromatic nitrogens is 1. The Morgan fingerprint density at radius 2 is 1.67 bits per heavy atom. The molecule has 0 fully saturated rings. The van der Waals surface area contributed by atoms with Gasteiger partial charge < -0.3 is 28.8 Å². The molecule has 0 spiro atoms. The first-order chi connectivity index (χ1) is 19.0. The van der Waals surface area contributed by atoms with Crippen molar-refractivity contribution in [3.63, 3.8) is 0 Å². The number of ether oxygens (including phenoxy) is 3. The number of rotatable bonds is 12. The van der Waals surface area contributed by atoms with E-state index in [0.717, 1.165) is 40.7 Å². The Kier molecular flexibility index (Phi) is 8.40. The molecule has 2 heterocycles. The fraction of sp³-hybridized carbons (Fsp3) is 0.267. The number of carbonyl (C=O) groups is 1. The Morgan fingerprint density at radius 1 is 0.897 bits per heavy atom. The Morgan fingerprint density at radius 3 is 2.49 bits per heavy atom. The fourth-order valence-electron chi connectivity index (χ4n) is 4.22. The molecule has 0 radical (unpaired) electrons. The van der Waals surface area contributed by atoms with E-state index >= 15 is 0 Å². The molecule has 39 heavy (non-hydrogen) atoms. The summed E-state index contributed by atoms with van der Waals surface area (Å²) in [4.78, 5) is 21.2. The average molecular weight is 529 g/mol. The summed E-state index contributed by atoms with van der Waals surface area (Å²) in [6.07, 6.45) is 1.41. The van der Waals surface area contributed by atoms with Gasteiger partial charge >= 0.3 is 0 Å². The molecule has 0 atom stereocenters. The van der Waals surface area contributed by atoms with Crippen molar-refractivity contribution >= 4 is 5.91 Å². The second-order valence-corrected chi connectivity index (χ2v) is 9.58. The molecule has 1 aliphatic rings. The minimum atomic E-state index is -0.250. The molecule has 0 saturated heterocycles. The predicted molar refractivity (Wildman–Crippen MR) is 146 cm³/mol. The van der Waals surface area contributed by atoms with Crippen molar-refractivity contribution in [2.45, 2.75) is 19.6 Å². The molecular weight excluding hydrogens is 496 g/mol. The molecule has 1 amide bonds. The molecule has 0 unspecified atom stereocenters. The van der Waals surface area contributed by atoms with Crippen molar-refractivity contribution in [3.05, 3.63) is 102 Å². The molecule has 4 aromatic rings. The van der Waals surface area contributed by atoms with Gasteiger partial charge in [0.1, 0.15) is 17.8 Å². The number of para-hydroxylation sites is 1. The zero-order chi connectivity index (χ0) is 27.0. The Labute approximate surface area is 227 Å². The number of amides is 1. The summed E-state index contributed by atoms with van der Waals surface area (Å²) in [5, 5.41) is 2.87. The lowest BCUT2D eigenvalue weighted by Gasteiger charge is -2.21. The molecule has 1 aliphatic heterocycles. The maximum atomic E-state index is 12.5. The summed E-state index contributed by atoms with van der Waals surface area (Å²) < 4.78 is 22.8. The first-order valence-corrected chi connectivity index (χ1v) is 12.8. The zero-order valence-electron chi connectivity index (χ0n) is 22.1. The van der Waals surface area contributed by atoms with Crippen LogP contribution >= 0.6 is 0 Å². The Hall–Kier alpha value is -4.34. The minimum absolute atomic E-state index is 0.229. The van der Waals surface area contributed by atoms with Crippen LogP contribution in [0.25, 0.3) is 0 Å². The molecule has 1 aromatic heterocycles. The number of nitrogens with one attached hydrogen (secondary N) is 1. The summed E-state index contributed by atoms with van der Waals surface area (Å²) in [7, 11) is 3.91. The highest BCUT2D eigenvalue weighted by atomic mass is 16.7. The van der Waals surface area contributed by atoms with Gasteiger partial charge in [0.2, 0.25) is 12.7 Å². The Bertz CT molecular complexity index is 1390. The van der Waals surface area contributed by atoms with Crippen molar-refractivity contribution in [2.24, 2.45) is 0 Å². The van der Waals surface area contributed by atoms with Gasteiger partial charge in [0, 0.05) is 26.2 Å². The lowest BCUT2D eigenvalue weighted by Crippen LogP contribution is -2.31. The average Bonchev–Trinajstić information content (AvgIpc) is 3.59. The molecule has 0 aliphatic carbocycles. The highest BCUT2D eigenvalue weighted by Crippen LogP contribution is 2.33. The molecule has 0 bridgehead atoms. The maximum absolute atomic E-state index is 12.5. The molecule has 5 rings (SSSR count). The summed E-state index contributed by atoms with van der Waals surface area (Å²) in [5.41, 5.74) is 2.39. The van der Waals surface area contributed by atoms with E-state index < -0.39 is 0 Å². The van der Waals surface area contributed by atoms with Crippen LogP contribution in [0.2, 0.25) is 0 Å². The monoisotopic (exact) mass is 528 g/mol. The maximum Gasteiger partial charge on any atom is 0.273 e. The molecule has 0 saturated carbocycles. The second-order valence-electron chi connectivity index (χ2n) is 9.58. The third-order valence-electron chi connectivity index (χ3n) is 6.11. The highest BCUT2D eigenvalue weighted by Gasteiger charge is 2.18. The van der Waals surface area contributed by atoms with E-state index in [9.17, 15) is 4.79 Å². The van der Waals surface area contributed by atoms with Crippen molar-refractivity contribution in [2.75, 3.05) is 34.0 Å². The molecular formula is C30H32N4O5. The predicted octanol–water partition coefficient (Wildman–Crippen LogP) is 4.69. The minimum Gasteiger partial charge on any atom is -0.457 e. The van der Waals surface area contributed by atoms with E-state index in [2.05, 4.69) is 21.3 Å². The normalized spacial score (nSPS) is 12.2. The van der Waals surface area contributed by atoms with Crippen molar-refractivity contribution in [1.82, 2.24) is 20.1 Å². The van der Waals surface area contributed by atoms with E-state index in [-0.39, 0.29) is 18.4 Å². The van der Waals surface area contributed by atoms with Crippen LogP contribution in [-0.4, -0.2) is 54.7 Å². The van der Waals surface area contributed by atoms with Crippen LogP contribution in [-0.2, 0) is 19.6 Å². The highest BCUT2D eigenvalue weighted by molar-refractivity contribution is 5.91. The number of nitrogens with zero attached hydrogens (tertiary/aromatic N) is 3. The van der Waals surface area contributed by atoms with E-state index in [4.69, 9.17) is 18.6 Å². The number of benzene rings is 3. The lowest BCUT2D eigenvalue weighted by atomic mass is 10.1. The van der Waals surface area contributed by atoms with Crippen LogP contribution in [0.3, 0.4) is 0 Å². The van der Waals surface area contributed by atoms with Gasteiger partial charge in [-0.1, -0.05) is 36.4 Å². The van der Waals surface area contributed by atoms with Gasteiger partial charge in [0.05, 0.1) is 6.54 Å². The summed E-state index contributed by atoms with van der Waals surface area (Å²) >= 11 is 0. The van der Waals surface area contributed by atoms with E-state index in [1.807, 2.05) is 85.7 Å². The molecule has 1 N–H and O–H groups in total. The number of likely N-dealkylation sites (N-methyl/N-ethyl adjacent to an activating group) is 1. The smallest absolute Gasteiger partial charge is 0.273 e. The lowest BCUT2D eigenvalue weighted by molar-refractivity contribution is 0.0946. The number of hydrogen-bond donors (Lipinski definition) is 1. The number of fused-ring (bicyclic) bond motifs is 1. The van der Waals surface area contributed by atoms with Gasteiger partial charge in [-0.25, -0.2) is 4.98 Å². The van der Waals surface area contributed by atoms with Gasteiger partial charge in [-0.3, -0.25) is 9.69 Å². The Balaban J connectivity index is 1.31. The first kappa shape index (κ1) is 26.3. The van der Waals surface area contributed by atoms with Gasteiger partial charge in [-0.15, -0.1) is 0 Å². The van der Waals surface area contributed by atoms with Gasteiger partial charge in [0.25, 0.3) is 5.91 Å². The number of oxazole rings is 1. The van der Waals surface area contributed by atoms with Crippen LogP contribution in [0.5, 0.6) is 23.0 Å². The van der Waals surface area contributed by atoms with Crippen molar-refractivity contribution in [3.8, 4) is 23.0 Å². The molecule has 3 aromatic carbocycles. The SMILES string of the molecule is CN(C)CCNC(=O)c1coc(CN(Cc2cccc(Oc3ccccc3)c2)Cc2ccc3c(c2)OCO3)n1. The number of carbonyl (C=O) groups excluding carboxylic acids is 1. The summed E-state index contributed by atoms with van der Waals surface area (Å²) in [6.45, 7) is 3.12. The quantitative estimate of drug-likeness (QED) is 0.283.